The molecule has 1 nitrogen and oxygen atoms in total. The summed E-state index contributed by atoms with van der Waals surface area (Å²) in [6, 6.07) is 0. The van der Waals surface area contributed by atoms with Gasteiger partial charge in [0, 0.05) is 0 Å². The standard InChI is InChI=1S/C16H36N.ClH/c1-5-7-9-10-11-12-13-14-16-17(3,4)15-8-6-2;/h5-16H2,1-4H3;1H/q+1;/p-1. The van der Waals surface area contributed by atoms with Crippen LogP contribution in [0.2, 0.25) is 0 Å². The number of hydrogen-bond donors (Lipinski definition) is 0. The minimum Gasteiger partial charge on any atom is -1.00 e. The minimum atomic E-state index is 0. The molecule has 0 aliphatic carbocycles. The summed E-state index contributed by atoms with van der Waals surface area (Å²) in [5.41, 5.74) is 0. The lowest BCUT2D eigenvalue weighted by molar-refractivity contribution is -0.890. The summed E-state index contributed by atoms with van der Waals surface area (Å²) in [5.74, 6) is 0. The van der Waals surface area contributed by atoms with Crippen LogP contribution < -0.4 is 12.4 Å². The molecule has 0 bridgehead atoms. The second-order valence-electron chi connectivity index (χ2n) is 6.21. The van der Waals surface area contributed by atoms with Crippen molar-refractivity contribution in [2.75, 3.05) is 27.2 Å². The highest BCUT2D eigenvalue weighted by Gasteiger charge is 2.12. The highest BCUT2D eigenvalue weighted by Crippen LogP contribution is 2.10. The van der Waals surface area contributed by atoms with Crippen molar-refractivity contribution < 1.29 is 16.9 Å². The van der Waals surface area contributed by atoms with E-state index in [1.54, 1.807) is 0 Å². The molecule has 0 aromatic rings. The van der Waals surface area contributed by atoms with Gasteiger partial charge in [-0.2, -0.15) is 0 Å². The van der Waals surface area contributed by atoms with Gasteiger partial charge in [0.15, 0.2) is 0 Å². The van der Waals surface area contributed by atoms with Gasteiger partial charge in [-0.15, -0.1) is 0 Å². The molecule has 112 valence electrons. The fourth-order valence-corrected chi connectivity index (χ4v) is 2.37. The van der Waals surface area contributed by atoms with Gasteiger partial charge in [-0.1, -0.05) is 58.8 Å². The van der Waals surface area contributed by atoms with Gasteiger partial charge in [-0.05, 0) is 19.3 Å². The predicted octanol–water partition coefficient (Wildman–Crippen LogP) is 2.01. The molecule has 0 saturated heterocycles. The summed E-state index contributed by atoms with van der Waals surface area (Å²) < 4.78 is 1.23. The number of halogens is 1. The fraction of sp³-hybridized carbons (Fsp3) is 1.00. The van der Waals surface area contributed by atoms with Crippen molar-refractivity contribution in [2.45, 2.75) is 78.1 Å². The molecule has 0 spiro atoms. The lowest BCUT2D eigenvalue weighted by Gasteiger charge is -2.29. The Hall–Kier alpha value is 0.250. The zero-order valence-corrected chi connectivity index (χ0v) is 14.1. The second-order valence-corrected chi connectivity index (χ2v) is 6.21. The molecule has 0 aliphatic heterocycles. The third-order valence-corrected chi connectivity index (χ3v) is 3.73. The highest BCUT2D eigenvalue weighted by atomic mass is 35.5. The Balaban J connectivity index is 0. The molecule has 2 heteroatoms. The van der Waals surface area contributed by atoms with E-state index in [-0.39, 0.29) is 12.4 Å². The molecule has 18 heavy (non-hydrogen) atoms. The van der Waals surface area contributed by atoms with Crippen molar-refractivity contribution in [1.82, 2.24) is 0 Å². The van der Waals surface area contributed by atoms with Crippen molar-refractivity contribution in [1.29, 1.82) is 0 Å². The van der Waals surface area contributed by atoms with Gasteiger partial charge in [-0.25, -0.2) is 0 Å². The topological polar surface area (TPSA) is 0 Å². The normalized spacial score (nSPS) is 11.3. The van der Waals surface area contributed by atoms with Gasteiger partial charge in [0.05, 0.1) is 27.2 Å². The van der Waals surface area contributed by atoms with E-state index in [4.69, 9.17) is 0 Å². The molecule has 0 aliphatic rings. The SMILES string of the molecule is CCCCCCCCCC[N+](C)(C)CCCC.[Cl-]. The third-order valence-electron chi connectivity index (χ3n) is 3.73. The zero-order chi connectivity index (χ0) is 13.0. The van der Waals surface area contributed by atoms with Crippen LogP contribution in [0.5, 0.6) is 0 Å². The van der Waals surface area contributed by atoms with Crippen molar-refractivity contribution in [3.8, 4) is 0 Å². The molecule has 0 radical (unpaired) electrons. The average Bonchev–Trinajstić information content (AvgIpc) is 2.30. The van der Waals surface area contributed by atoms with Crippen LogP contribution in [-0.4, -0.2) is 31.7 Å². The van der Waals surface area contributed by atoms with Crippen LogP contribution in [0, 0.1) is 0 Å². The van der Waals surface area contributed by atoms with Gasteiger partial charge < -0.3 is 16.9 Å². The van der Waals surface area contributed by atoms with Crippen LogP contribution in [0.4, 0.5) is 0 Å². The number of rotatable bonds is 12. The van der Waals surface area contributed by atoms with Gasteiger partial charge in [-0.3, -0.25) is 0 Å². The second kappa shape index (κ2) is 13.7. The quantitative estimate of drug-likeness (QED) is 0.378. The van der Waals surface area contributed by atoms with Crippen molar-refractivity contribution >= 4 is 0 Å². The van der Waals surface area contributed by atoms with Crippen molar-refractivity contribution in [3.63, 3.8) is 0 Å². The smallest absolute Gasteiger partial charge is 0.0782 e. The van der Waals surface area contributed by atoms with Crippen LogP contribution in [0.25, 0.3) is 0 Å². The first-order valence-corrected chi connectivity index (χ1v) is 7.94. The molecule has 0 saturated carbocycles. The van der Waals surface area contributed by atoms with E-state index < -0.39 is 0 Å². The summed E-state index contributed by atoms with van der Waals surface area (Å²) in [6.07, 6.45) is 14.2. The van der Waals surface area contributed by atoms with Crippen LogP contribution in [0.15, 0.2) is 0 Å². The number of hydrogen-bond acceptors (Lipinski definition) is 0. The molecule has 0 unspecified atom stereocenters. The lowest BCUT2D eigenvalue weighted by Crippen LogP contribution is -3.00. The number of nitrogens with zero attached hydrogens (tertiary/aromatic N) is 1. The van der Waals surface area contributed by atoms with Gasteiger partial charge in [0.2, 0.25) is 0 Å². The summed E-state index contributed by atoms with van der Waals surface area (Å²) in [4.78, 5) is 0. The largest absolute Gasteiger partial charge is 1.00 e. The predicted molar refractivity (Wildman–Crippen MR) is 79.4 cm³/mol. The maximum atomic E-state index is 2.39. The first-order chi connectivity index (χ1) is 8.12. The molecule has 0 aromatic carbocycles. The summed E-state index contributed by atoms with van der Waals surface area (Å²) in [6.45, 7) is 7.30. The van der Waals surface area contributed by atoms with Crippen molar-refractivity contribution in [2.24, 2.45) is 0 Å². The Morgan fingerprint density at radius 1 is 0.556 bits per heavy atom. The Kier molecular flexibility index (Phi) is 15.6. The molecule has 0 N–H and O–H groups in total. The Labute approximate surface area is 122 Å². The lowest BCUT2D eigenvalue weighted by atomic mass is 10.1. The molecular weight excluding hydrogens is 242 g/mol. The molecular formula is C16H36ClN. The molecule has 0 fully saturated rings. The molecule has 0 heterocycles. The molecule has 0 rings (SSSR count). The fourth-order valence-electron chi connectivity index (χ4n) is 2.37. The monoisotopic (exact) mass is 277 g/mol. The molecule has 0 amide bonds. The van der Waals surface area contributed by atoms with E-state index in [0.717, 1.165) is 0 Å². The van der Waals surface area contributed by atoms with E-state index in [0.29, 0.717) is 0 Å². The summed E-state index contributed by atoms with van der Waals surface area (Å²) in [5, 5.41) is 0. The van der Waals surface area contributed by atoms with E-state index in [1.165, 1.54) is 81.8 Å². The van der Waals surface area contributed by atoms with Gasteiger partial charge in [0.1, 0.15) is 0 Å². The molecule has 0 aromatic heterocycles. The zero-order valence-electron chi connectivity index (χ0n) is 13.3. The van der Waals surface area contributed by atoms with Crippen LogP contribution >= 0.6 is 0 Å². The Morgan fingerprint density at radius 3 is 1.44 bits per heavy atom. The van der Waals surface area contributed by atoms with E-state index in [2.05, 4.69) is 27.9 Å². The van der Waals surface area contributed by atoms with Gasteiger partial charge in [0.25, 0.3) is 0 Å². The average molecular weight is 278 g/mol. The van der Waals surface area contributed by atoms with Crippen LogP contribution in [0.3, 0.4) is 0 Å². The van der Waals surface area contributed by atoms with E-state index in [1.807, 2.05) is 0 Å². The Bertz CT molecular complexity index is 157. The first-order valence-electron chi connectivity index (χ1n) is 7.94. The van der Waals surface area contributed by atoms with E-state index in [9.17, 15) is 0 Å². The van der Waals surface area contributed by atoms with E-state index >= 15 is 0 Å². The summed E-state index contributed by atoms with van der Waals surface area (Å²) >= 11 is 0. The molecule has 0 atom stereocenters. The Morgan fingerprint density at radius 2 is 0.944 bits per heavy atom. The maximum Gasteiger partial charge on any atom is 0.0782 e. The number of quaternary nitrogens is 1. The highest BCUT2D eigenvalue weighted by molar-refractivity contribution is 4.46. The van der Waals surface area contributed by atoms with Crippen molar-refractivity contribution in [3.05, 3.63) is 0 Å². The van der Waals surface area contributed by atoms with Crippen LogP contribution in [0.1, 0.15) is 78.1 Å². The number of unbranched alkanes of at least 4 members (excludes halogenated alkanes) is 8. The first kappa shape index (κ1) is 20.6. The maximum absolute atomic E-state index is 2.39. The third kappa shape index (κ3) is 14.3. The minimum absolute atomic E-state index is 0. The van der Waals surface area contributed by atoms with Gasteiger partial charge >= 0.3 is 0 Å². The summed E-state index contributed by atoms with van der Waals surface area (Å²) in [7, 11) is 4.77. The van der Waals surface area contributed by atoms with Crippen LogP contribution in [-0.2, 0) is 0 Å².